The lowest BCUT2D eigenvalue weighted by Crippen LogP contribution is -2.50. The third-order valence-corrected chi connectivity index (χ3v) is 3.43. The van der Waals surface area contributed by atoms with Gasteiger partial charge in [-0.3, -0.25) is 5.32 Å². The Morgan fingerprint density at radius 2 is 1.86 bits per heavy atom. The second kappa shape index (κ2) is 5.82. The monoisotopic (exact) mass is 290 g/mol. The number of amides is 2. The number of nitrogens with zero attached hydrogens (tertiary/aromatic N) is 3. The van der Waals surface area contributed by atoms with Gasteiger partial charge in [-0.25, -0.2) is 9.18 Å². The first-order valence-corrected chi connectivity index (χ1v) is 6.69. The molecule has 7 heteroatoms. The highest BCUT2D eigenvalue weighted by Crippen LogP contribution is 2.17. The van der Waals surface area contributed by atoms with Crippen LogP contribution in [0.5, 0.6) is 0 Å². The zero-order valence-corrected chi connectivity index (χ0v) is 11.3. The van der Waals surface area contributed by atoms with Gasteiger partial charge in [0.15, 0.2) is 5.82 Å². The number of carbonyl (C=O) groups excluding carboxylic acids is 1. The van der Waals surface area contributed by atoms with E-state index in [9.17, 15) is 9.18 Å². The summed E-state index contributed by atoms with van der Waals surface area (Å²) < 4.78 is 17.6. The molecular formula is C14H15FN4O2. The van der Waals surface area contributed by atoms with Gasteiger partial charge in [-0.2, -0.15) is 0 Å². The minimum atomic E-state index is -0.246. The molecule has 0 atom stereocenters. The Morgan fingerprint density at radius 1 is 1.14 bits per heavy atom. The van der Waals surface area contributed by atoms with Crippen LogP contribution < -0.4 is 10.2 Å². The molecule has 0 unspecified atom stereocenters. The van der Waals surface area contributed by atoms with Gasteiger partial charge in [0, 0.05) is 37.9 Å². The van der Waals surface area contributed by atoms with Crippen LogP contribution in [0.3, 0.4) is 0 Å². The van der Waals surface area contributed by atoms with Crippen LogP contribution in [0, 0.1) is 5.82 Å². The van der Waals surface area contributed by atoms with Gasteiger partial charge in [0.25, 0.3) is 0 Å². The van der Waals surface area contributed by atoms with E-state index in [0.717, 1.165) is 5.69 Å². The molecule has 1 aliphatic rings. The number of hydrogen-bond acceptors (Lipinski definition) is 4. The van der Waals surface area contributed by atoms with Crippen LogP contribution in [0.2, 0.25) is 0 Å². The zero-order valence-electron chi connectivity index (χ0n) is 11.3. The molecule has 1 saturated heterocycles. The molecular weight excluding hydrogens is 275 g/mol. The number of urea groups is 1. The Hall–Kier alpha value is -2.57. The molecule has 6 nitrogen and oxygen atoms in total. The fourth-order valence-corrected chi connectivity index (χ4v) is 2.29. The molecule has 3 rings (SSSR count). The van der Waals surface area contributed by atoms with Crippen LogP contribution in [-0.2, 0) is 0 Å². The Morgan fingerprint density at radius 3 is 2.48 bits per heavy atom. The Labute approximate surface area is 121 Å². The van der Waals surface area contributed by atoms with Gasteiger partial charge < -0.3 is 14.3 Å². The Kier molecular flexibility index (Phi) is 3.72. The Balaban J connectivity index is 1.55. The van der Waals surface area contributed by atoms with E-state index in [1.54, 1.807) is 23.1 Å². The van der Waals surface area contributed by atoms with E-state index in [4.69, 9.17) is 0 Å². The first kappa shape index (κ1) is 13.4. The molecule has 2 amide bonds. The number of hydrogen-bond donors (Lipinski definition) is 1. The van der Waals surface area contributed by atoms with Gasteiger partial charge in [-0.1, -0.05) is 5.16 Å². The lowest BCUT2D eigenvalue weighted by molar-refractivity contribution is 0.208. The van der Waals surface area contributed by atoms with Crippen molar-refractivity contribution in [2.24, 2.45) is 0 Å². The number of carbonyl (C=O) groups is 1. The van der Waals surface area contributed by atoms with Crippen molar-refractivity contribution >= 4 is 17.5 Å². The molecule has 1 fully saturated rings. The number of anilines is 2. The SMILES string of the molecule is O=C(Nc1ccon1)N1CCN(c2ccc(F)cc2)CC1. The van der Waals surface area contributed by atoms with Gasteiger partial charge in [0.2, 0.25) is 0 Å². The van der Waals surface area contributed by atoms with E-state index in [0.29, 0.717) is 32.0 Å². The summed E-state index contributed by atoms with van der Waals surface area (Å²) in [6.07, 6.45) is 1.40. The molecule has 1 N–H and O–H groups in total. The van der Waals surface area contributed by atoms with E-state index in [1.807, 2.05) is 0 Å². The van der Waals surface area contributed by atoms with Crippen molar-refractivity contribution < 1.29 is 13.7 Å². The van der Waals surface area contributed by atoms with Gasteiger partial charge in [0.05, 0.1) is 0 Å². The van der Waals surface area contributed by atoms with Crippen molar-refractivity contribution in [1.29, 1.82) is 0 Å². The molecule has 1 aromatic carbocycles. The summed E-state index contributed by atoms with van der Waals surface area (Å²) in [5.41, 5.74) is 0.966. The van der Waals surface area contributed by atoms with E-state index < -0.39 is 0 Å². The lowest BCUT2D eigenvalue weighted by Gasteiger charge is -2.35. The first-order chi connectivity index (χ1) is 10.2. The number of benzene rings is 1. The summed E-state index contributed by atoms with van der Waals surface area (Å²) in [6.45, 7) is 2.61. The third kappa shape index (κ3) is 3.13. The predicted molar refractivity (Wildman–Crippen MR) is 75.7 cm³/mol. The number of halogens is 1. The van der Waals surface area contributed by atoms with Crippen molar-refractivity contribution in [3.63, 3.8) is 0 Å². The molecule has 0 spiro atoms. The molecule has 21 heavy (non-hydrogen) atoms. The molecule has 0 aliphatic carbocycles. The van der Waals surface area contributed by atoms with Crippen LogP contribution in [0.1, 0.15) is 0 Å². The highest BCUT2D eigenvalue weighted by atomic mass is 19.1. The smallest absolute Gasteiger partial charge is 0.323 e. The molecule has 110 valence electrons. The van der Waals surface area contributed by atoms with Crippen molar-refractivity contribution in [3.05, 3.63) is 42.4 Å². The van der Waals surface area contributed by atoms with E-state index in [1.165, 1.54) is 18.4 Å². The van der Waals surface area contributed by atoms with Crippen LogP contribution >= 0.6 is 0 Å². The summed E-state index contributed by atoms with van der Waals surface area (Å²) in [7, 11) is 0. The molecule has 2 aromatic rings. The summed E-state index contributed by atoms with van der Waals surface area (Å²) >= 11 is 0. The number of rotatable bonds is 2. The quantitative estimate of drug-likeness (QED) is 0.920. The van der Waals surface area contributed by atoms with Crippen molar-refractivity contribution in [3.8, 4) is 0 Å². The second-order valence-electron chi connectivity index (χ2n) is 4.77. The third-order valence-electron chi connectivity index (χ3n) is 3.43. The Bertz CT molecular complexity index is 592. The summed E-state index contributed by atoms with van der Waals surface area (Å²) in [4.78, 5) is 15.9. The topological polar surface area (TPSA) is 61.6 Å². The molecule has 2 heterocycles. The van der Waals surface area contributed by atoms with Gasteiger partial charge >= 0.3 is 6.03 Å². The minimum absolute atomic E-state index is 0.192. The van der Waals surface area contributed by atoms with Crippen LogP contribution in [0.25, 0.3) is 0 Å². The maximum absolute atomic E-state index is 12.9. The summed E-state index contributed by atoms with van der Waals surface area (Å²) in [5.74, 6) is 0.158. The largest absolute Gasteiger partial charge is 0.368 e. The van der Waals surface area contributed by atoms with Gasteiger partial charge in [-0.05, 0) is 24.3 Å². The average Bonchev–Trinajstić information content (AvgIpc) is 3.01. The van der Waals surface area contributed by atoms with Gasteiger partial charge in [-0.15, -0.1) is 0 Å². The van der Waals surface area contributed by atoms with Crippen LogP contribution in [0.4, 0.5) is 20.7 Å². The highest BCUT2D eigenvalue weighted by Gasteiger charge is 2.21. The normalized spacial score (nSPS) is 15.1. The number of piperazine rings is 1. The molecule has 1 aromatic heterocycles. The first-order valence-electron chi connectivity index (χ1n) is 6.69. The predicted octanol–water partition coefficient (Wildman–Crippen LogP) is 2.17. The minimum Gasteiger partial charge on any atom is -0.368 e. The molecule has 0 radical (unpaired) electrons. The number of aromatic nitrogens is 1. The number of nitrogens with one attached hydrogen (secondary N) is 1. The summed E-state index contributed by atoms with van der Waals surface area (Å²) in [6, 6.07) is 7.79. The fraction of sp³-hybridized carbons (Fsp3) is 0.286. The van der Waals surface area contributed by atoms with E-state index in [2.05, 4.69) is 19.9 Å². The standard InChI is InChI=1S/C14H15FN4O2/c15-11-1-3-12(4-2-11)18-6-8-19(9-7-18)14(20)16-13-5-10-21-17-13/h1-5,10H,6-9H2,(H,16,17,20). The van der Waals surface area contributed by atoms with Crippen LogP contribution in [-0.4, -0.2) is 42.3 Å². The zero-order chi connectivity index (χ0) is 14.7. The lowest BCUT2D eigenvalue weighted by atomic mass is 10.2. The fourth-order valence-electron chi connectivity index (χ4n) is 2.29. The summed E-state index contributed by atoms with van der Waals surface area (Å²) in [5, 5.41) is 6.31. The van der Waals surface area contributed by atoms with Crippen molar-refractivity contribution in [2.45, 2.75) is 0 Å². The highest BCUT2D eigenvalue weighted by molar-refractivity contribution is 5.88. The van der Waals surface area contributed by atoms with E-state index >= 15 is 0 Å². The van der Waals surface area contributed by atoms with Crippen LogP contribution in [0.15, 0.2) is 41.1 Å². The van der Waals surface area contributed by atoms with Crippen molar-refractivity contribution in [1.82, 2.24) is 10.1 Å². The second-order valence-corrected chi connectivity index (χ2v) is 4.77. The average molecular weight is 290 g/mol. The maximum Gasteiger partial charge on any atom is 0.323 e. The van der Waals surface area contributed by atoms with Crippen molar-refractivity contribution in [2.75, 3.05) is 36.4 Å². The maximum atomic E-state index is 12.9. The molecule has 0 saturated carbocycles. The van der Waals surface area contributed by atoms with Gasteiger partial charge in [0.1, 0.15) is 12.1 Å². The molecule has 1 aliphatic heterocycles. The molecule has 0 bridgehead atoms. The van der Waals surface area contributed by atoms with E-state index in [-0.39, 0.29) is 11.8 Å².